The molecule has 27 heavy (non-hydrogen) atoms. The Bertz CT molecular complexity index is 665. The van der Waals surface area contributed by atoms with Crippen LogP contribution in [0.5, 0.6) is 0 Å². The van der Waals surface area contributed by atoms with Crippen molar-refractivity contribution in [1.82, 2.24) is 0 Å². The summed E-state index contributed by atoms with van der Waals surface area (Å²) in [5.41, 5.74) is 1.98. The summed E-state index contributed by atoms with van der Waals surface area (Å²) >= 11 is 0. The van der Waals surface area contributed by atoms with Gasteiger partial charge in [-0.3, -0.25) is 0 Å². The van der Waals surface area contributed by atoms with Crippen LogP contribution in [0, 0.1) is 0 Å². The van der Waals surface area contributed by atoms with E-state index in [9.17, 15) is 10.2 Å². The normalized spacial score (nSPS) is 28.2. The summed E-state index contributed by atoms with van der Waals surface area (Å²) in [6.07, 6.45) is -3.92. The predicted octanol–water partition coefficient (Wildman–Crippen LogP) is 1.88. The van der Waals surface area contributed by atoms with E-state index in [1.54, 1.807) is 0 Å². The van der Waals surface area contributed by atoms with Gasteiger partial charge in [0.05, 0.1) is 19.8 Å². The first kappa shape index (κ1) is 19.9. The van der Waals surface area contributed by atoms with Crippen molar-refractivity contribution in [2.75, 3.05) is 13.7 Å². The molecule has 3 rings (SSSR count). The van der Waals surface area contributed by atoms with E-state index in [0.29, 0.717) is 13.2 Å². The number of hydrogen-bond donors (Lipinski definition) is 2. The van der Waals surface area contributed by atoms with Crippen LogP contribution in [0.25, 0.3) is 0 Å². The number of benzene rings is 2. The fraction of sp³-hybridized carbons (Fsp3) is 0.429. The molecule has 0 aliphatic carbocycles. The number of aliphatic hydroxyl groups excluding tert-OH is 2. The quantitative estimate of drug-likeness (QED) is 0.735. The molecule has 1 aliphatic heterocycles. The molecule has 1 aliphatic rings. The summed E-state index contributed by atoms with van der Waals surface area (Å²) in [4.78, 5) is 0. The van der Waals surface area contributed by atoms with Crippen LogP contribution in [0.2, 0.25) is 0 Å². The Morgan fingerprint density at radius 3 is 1.93 bits per heavy atom. The molecule has 0 radical (unpaired) electrons. The second-order valence-electron chi connectivity index (χ2n) is 6.47. The van der Waals surface area contributed by atoms with Gasteiger partial charge in [0.25, 0.3) is 0 Å². The van der Waals surface area contributed by atoms with Gasteiger partial charge in [-0.25, -0.2) is 0 Å². The van der Waals surface area contributed by atoms with Gasteiger partial charge in [-0.1, -0.05) is 60.7 Å². The Hall–Kier alpha value is -1.80. The molecule has 5 atom stereocenters. The molecule has 0 aromatic heterocycles. The first-order valence-electron chi connectivity index (χ1n) is 9.01. The van der Waals surface area contributed by atoms with Crippen molar-refractivity contribution >= 4 is 0 Å². The van der Waals surface area contributed by atoms with Crippen LogP contribution in [-0.2, 0) is 32.2 Å². The molecule has 6 heteroatoms. The number of methoxy groups -OCH3 is 1. The molecule has 0 spiro atoms. The maximum atomic E-state index is 10.5. The smallest absolute Gasteiger partial charge is 0.187 e. The molecule has 1 heterocycles. The molecule has 2 N–H and O–H groups in total. The molecule has 0 saturated carbocycles. The first-order valence-corrected chi connectivity index (χ1v) is 9.01. The standard InChI is InChI=1S/C21H26O6/c1-24-19-18(23)17(12-22)27-21(26-14-16-10-6-3-7-11-16)20(19)25-13-15-8-4-2-5-9-15/h2-11,17-23H,12-14H2,1H3/t17-,18-,19+,20-,21-/m1/s1. The van der Waals surface area contributed by atoms with Crippen LogP contribution in [0.15, 0.2) is 60.7 Å². The van der Waals surface area contributed by atoms with Crippen molar-refractivity contribution in [2.45, 2.75) is 43.9 Å². The maximum absolute atomic E-state index is 10.5. The maximum Gasteiger partial charge on any atom is 0.187 e. The second kappa shape index (κ2) is 9.94. The van der Waals surface area contributed by atoms with Crippen LogP contribution in [0.3, 0.4) is 0 Å². The monoisotopic (exact) mass is 374 g/mol. The van der Waals surface area contributed by atoms with E-state index in [0.717, 1.165) is 11.1 Å². The van der Waals surface area contributed by atoms with E-state index in [1.807, 2.05) is 60.7 Å². The first-order chi connectivity index (χ1) is 13.2. The summed E-state index contributed by atoms with van der Waals surface area (Å²) in [5, 5.41) is 20.0. The van der Waals surface area contributed by atoms with Gasteiger partial charge in [0.2, 0.25) is 0 Å². The fourth-order valence-electron chi connectivity index (χ4n) is 3.14. The van der Waals surface area contributed by atoms with Gasteiger partial charge in [0, 0.05) is 7.11 Å². The molecule has 0 amide bonds. The van der Waals surface area contributed by atoms with E-state index >= 15 is 0 Å². The average molecular weight is 374 g/mol. The summed E-state index contributed by atoms with van der Waals surface area (Å²) in [6, 6.07) is 19.4. The number of rotatable bonds is 8. The van der Waals surface area contributed by atoms with Crippen LogP contribution < -0.4 is 0 Å². The van der Waals surface area contributed by atoms with Crippen molar-refractivity contribution in [2.24, 2.45) is 0 Å². The predicted molar refractivity (Wildman–Crippen MR) is 98.8 cm³/mol. The molecule has 1 saturated heterocycles. The zero-order valence-corrected chi connectivity index (χ0v) is 15.3. The lowest BCUT2D eigenvalue weighted by Crippen LogP contribution is -2.60. The van der Waals surface area contributed by atoms with E-state index in [1.165, 1.54) is 7.11 Å². The van der Waals surface area contributed by atoms with Crippen molar-refractivity contribution in [3.8, 4) is 0 Å². The topological polar surface area (TPSA) is 77.4 Å². The van der Waals surface area contributed by atoms with Crippen LogP contribution >= 0.6 is 0 Å². The van der Waals surface area contributed by atoms with Crippen LogP contribution in [0.4, 0.5) is 0 Å². The second-order valence-corrected chi connectivity index (χ2v) is 6.47. The van der Waals surface area contributed by atoms with Gasteiger partial charge >= 0.3 is 0 Å². The Kier molecular flexibility index (Phi) is 7.34. The molecule has 1 fully saturated rings. The summed E-state index contributed by atoms with van der Waals surface area (Å²) in [7, 11) is 1.50. The lowest BCUT2D eigenvalue weighted by atomic mass is 9.98. The van der Waals surface area contributed by atoms with Crippen LogP contribution in [-0.4, -0.2) is 54.6 Å². The average Bonchev–Trinajstić information content (AvgIpc) is 2.72. The van der Waals surface area contributed by atoms with E-state index in [4.69, 9.17) is 18.9 Å². The Morgan fingerprint density at radius 1 is 0.852 bits per heavy atom. The lowest BCUT2D eigenvalue weighted by Gasteiger charge is -2.43. The van der Waals surface area contributed by atoms with Crippen molar-refractivity contribution in [3.05, 3.63) is 71.8 Å². The lowest BCUT2D eigenvalue weighted by molar-refractivity contribution is -0.318. The number of ether oxygens (including phenoxy) is 4. The molecule has 2 aromatic carbocycles. The zero-order valence-electron chi connectivity index (χ0n) is 15.3. The van der Waals surface area contributed by atoms with Crippen LogP contribution in [0.1, 0.15) is 11.1 Å². The van der Waals surface area contributed by atoms with Gasteiger partial charge in [-0.15, -0.1) is 0 Å². The zero-order chi connectivity index (χ0) is 19.1. The van der Waals surface area contributed by atoms with Crippen molar-refractivity contribution in [3.63, 3.8) is 0 Å². The Labute approximate surface area is 159 Å². The van der Waals surface area contributed by atoms with E-state index < -0.39 is 30.7 Å². The highest BCUT2D eigenvalue weighted by Crippen LogP contribution is 2.27. The van der Waals surface area contributed by atoms with Gasteiger partial charge in [0.15, 0.2) is 6.29 Å². The minimum Gasteiger partial charge on any atom is -0.394 e. The van der Waals surface area contributed by atoms with E-state index in [2.05, 4.69) is 0 Å². The minimum atomic E-state index is -1.02. The molecule has 2 aromatic rings. The highest BCUT2D eigenvalue weighted by molar-refractivity contribution is 5.14. The SMILES string of the molecule is CO[C@H]1[C@H](O)[C@@H](CO)O[C@@H](OCc2ccccc2)[C@@H]1OCc1ccccc1. The Balaban J connectivity index is 1.72. The van der Waals surface area contributed by atoms with Gasteiger partial charge in [-0.05, 0) is 11.1 Å². The third-order valence-electron chi connectivity index (χ3n) is 4.61. The Morgan fingerprint density at radius 2 is 1.41 bits per heavy atom. The minimum absolute atomic E-state index is 0.321. The molecule has 146 valence electrons. The molecular formula is C21H26O6. The van der Waals surface area contributed by atoms with Gasteiger partial charge in [0.1, 0.15) is 24.4 Å². The third-order valence-corrected chi connectivity index (χ3v) is 4.61. The van der Waals surface area contributed by atoms with Gasteiger partial charge in [-0.2, -0.15) is 0 Å². The highest BCUT2D eigenvalue weighted by atomic mass is 16.7. The van der Waals surface area contributed by atoms with E-state index in [-0.39, 0.29) is 6.61 Å². The molecule has 6 nitrogen and oxygen atoms in total. The van der Waals surface area contributed by atoms with Crippen molar-refractivity contribution in [1.29, 1.82) is 0 Å². The highest BCUT2D eigenvalue weighted by Gasteiger charge is 2.46. The largest absolute Gasteiger partial charge is 0.394 e. The van der Waals surface area contributed by atoms with Gasteiger partial charge < -0.3 is 29.2 Å². The number of hydrogen-bond acceptors (Lipinski definition) is 6. The summed E-state index contributed by atoms with van der Waals surface area (Å²) in [5.74, 6) is 0. The molecular weight excluding hydrogens is 348 g/mol. The summed E-state index contributed by atoms with van der Waals surface area (Å²) < 4.78 is 23.2. The fourth-order valence-corrected chi connectivity index (χ4v) is 3.14. The van der Waals surface area contributed by atoms with Crippen molar-refractivity contribution < 1.29 is 29.2 Å². The number of aliphatic hydroxyl groups is 2. The molecule has 0 unspecified atom stereocenters. The third kappa shape index (κ3) is 5.13. The molecule has 0 bridgehead atoms. The summed E-state index contributed by atoms with van der Waals surface area (Å²) in [6.45, 7) is 0.315.